The number of phenols is 1. The van der Waals surface area contributed by atoms with Gasteiger partial charge in [-0.25, -0.2) is 4.39 Å². The summed E-state index contributed by atoms with van der Waals surface area (Å²) in [5.74, 6) is -1.09. The molecular weight excluding hydrogens is 161 g/mol. The van der Waals surface area contributed by atoms with E-state index in [-0.39, 0.29) is 23.8 Å². The van der Waals surface area contributed by atoms with Crippen LogP contribution in [-0.2, 0) is 6.54 Å². The first-order valence-electron chi connectivity index (χ1n) is 3.48. The van der Waals surface area contributed by atoms with Gasteiger partial charge < -0.3 is 10.4 Å². The van der Waals surface area contributed by atoms with Crippen molar-refractivity contribution < 1.29 is 14.3 Å². The molecule has 0 bridgehead atoms. The maximum atomic E-state index is 13.0. The third-order valence-electron chi connectivity index (χ3n) is 1.85. The highest BCUT2D eigenvalue weighted by Crippen LogP contribution is 2.23. The highest BCUT2D eigenvalue weighted by molar-refractivity contribution is 5.98. The minimum absolute atomic E-state index is 0.209. The summed E-state index contributed by atoms with van der Waals surface area (Å²) in [5, 5.41) is 11.4. The molecule has 4 heteroatoms. The topological polar surface area (TPSA) is 49.3 Å². The number of phenolic OH excluding ortho intramolecular Hbond substituents is 1. The second-order valence-electron chi connectivity index (χ2n) is 2.64. The number of hydrogen-bond acceptors (Lipinski definition) is 2. The lowest BCUT2D eigenvalue weighted by atomic mass is 10.1. The fourth-order valence-corrected chi connectivity index (χ4v) is 1.27. The van der Waals surface area contributed by atoms with Crippen LogP contribution >= 0.6 is 0 Å². The number of carbonyl (C=O) groups excluding carboxylic acids is 1. The Morgan fingerprint density at radius 1 is 1.50 bits per heavy atom. The van der Waals surface area contributed by atoms with Gasteiger partial charge in [0.15, 0.2) is 0 Å². The molecule has 1 amide bonds. The molecule has 1 aliphatic heterocycles. The lowest BCUT2D eigenvalue weighted by Crippen LogP contribution is -2.12. The number of amides is 1. The van der Waals surface area contributed by atoms with Crippen LogP contribution in [-0.4, -0.2) is 11.0 Å². The van der Waals surface area contributed by atoms with Crippen LogP contribution < -0.4 is 5.32 Å². The molecule has 0 unspecified atom stereocenters. The van der Waals surface area contributed by atoms with E-state index in [1.165, 1.54) is 6.07 Å². The third-order valence-corrected chi connectivity index (χ3v) is 1.85. The highest BCUT2D eigenvalue weighted by Gasteiger charge is 2.22. The fourth-order valence-electron chi connectivity index (χ4n) is 1.27. The quantitative estimate of drug-likeness (QED) is 0.599. The first-order valence-corrected chi connectivity index (χ1v) is 3.48. The maximum absolute atomic E-state index is 13.0. The van der Waals surface area contributed by atoms with Crippen molar-refractivity contribution in [3.8, 4) is 5.75 Å². The van der Waals surface area contributed by atoms with Gasteiger partial charge in [0.05, 0.1) is 5.56 Å². The molecule has 62 valence electrons. The van der Waals surface area contributed by atoms with Crippen molar-refractivity contribution in [2.45, 2.75) is 6.54 Å². The molecule has 0 aliphatic carbocycles. The molecule has 1 aromatic carbocycles. The van der Waals surface area contributed by atoms with Gasteiger partial charge in [0.2, 0.25) is 0 Å². The molecule has 1 aromatic rings. The zero-order chi connectivity index (χ0) is 8.72. The van der Waals surface area contributed by atoms with Crippen molar-refractivity contribution in [3.63, 3.8) is 0 Å². The van der Waals surface area contributed by atoms with E-state index in [2.05, 4.69) is 5.32 Å². The molecule has 0 saturated heterocycles. The summed E-state index contributed by atoms with van der Waals surface area (Å²) in [4.78, 5) is 11.0. The predicted octanol–water partition coefficient (Wildman–Crippen LogP) is 0.775. The summed E-state index contributed by atoms with van der Waals surface area (Å²) >= 11 is 0. The van der Waals surface area contributed by atoms with Gasteiger partial charge >= 0.3 is 0 Å². The molecule has 1 aliphatic rings. The number of carbonyl (C=O) groups is 1. The van der Waals surface area contributed by atoms with Crippen LogP contribution in [0, 0.1) is 5.82 Å². The van der Waals surface area contributed by atoms with Gasteiger partial charge in [-0.15, -0.1) is 0 Å². The number of aromatic hydroxyl groups is 1. The molecule has 0 fully saturated rings. The summed E-state index contributed by atoms with van der Waals surface area (Å²) < 4.78 is 13.0. The summed E-state index contributed by atoms with van der Waals surface area (Å²) in [7, 11) is 0. The summed E-state index contributed by atoms with van der Waals surface area (Å²) in [6.45, 7) is 0.209. The Hall–Kier alpha value is -1.58. The highest BCUT2D eigenvalue weighted by atomic mass is 19.1. The van der Waals surface area contributed by atoms with Gasteiger partial charge in [0.25, 0.3) is 5.91 Å². The molecule has 0 atom stereocenters. The molecule has 0 radical (unpaired) electrons. The molecule has 0 saturated carbocycles. The van der Waals surface area contributed by atoms with Crippen LogP contribution in [0.3, 0.4) is 0 Å². The molecule has 3 nitrogen and oxygen atoms in total. The number of hydrogen-bond donors (Lipinski definition) is 2. The van der Waals surface area contributed by atoms with Crippen molar-refractivity contribution in [1.29, 1.82) is 0 Å². The molecule has 2 rings (SSSR count). The average Bonchev–Trinajstić information content (AvgIpc) is 2.33. The molecule has 0 aromatic heterocycles. The van der Waals surface area contributed by atoms with E-state index in [1.54, 1.807) is 0 Å². The van der Waals surface area contributed by atoms with Crippen LogP contribution in [0.25, 0.3) is 0 Å². The van der Waals surface area contributed by atoms with Crippen molar-refractivity contribution in [2.75, 3.05) is 0 Å². The lowest BCUT2D eigenvalue weighted by molar-refractivity contribution is 0.0965. The van der Waals surface area contributed by atoms with Crippen molar-refractivity contribution in [1.82, 2.24) is 5.32 Å². The zero-order valence-electron chi connectivity index (χ0n) is 6.10. The van der Waals surface area contributed by atoms with E-state index in [4.69, 9.17) is 5.11 Å². The Kier molecular flexibility index (Phi) is 1.30. The van der Waals surface area contributed by atoms with E-state index in [9.17, 15) is 9.18 Å². The van der Waals surface area contributed by atoms with Gasteiger partial charge in [-0.2, -0.15) is 0 Å². The van der Waals surface area contributed by atoms with E-state index in [0.717, 1.165) is 6.07 Å². The van der Waals surface area contributed by atoms with E-state index in [1.807, 2.05) is 0 Å². The van der Waals surface area contributed by atoms with Crippen LogP contribution in [0.1, 0.15) is 15.9 Å². The molecular formula is C8H6FNO2. The van der Waals surface area contributed by atoms with Crippen molar-refractivity contribution >= 4 is 5.91 Å². The second-order valence-corrected chi connectivity index (χ2v) is 2.64. The van der Waals surface area contributed by atoms with E-state index < -0.39 is 5.82 Å². The number of nitrogens with one attached hydrogen (secondary N) is 1. The minimum Gasteiger partial charge on any atom is -0.508 e. The fraction of sp³-hybridized carbons (Fsp3) is 0.125. The maximum Gasteiger partial charge on any atom is 0.252 e. The number of benzene rings is 1. The third kappa shape index (κ3) is 0.845. The molecule has 2 N–H and O–H groups in total. The molecule has 12 heavy (non-hydrogen) atoms. The van der Waals surface area contributed by atoms with E-state index >= 15 is 0 Å². The van der Waals surface area contributed by atoms with Gasteiger partial charge in [-0.1, -0.05) is 0 Å². The Bertz CT molecular complexity index is 362. The zero-order valence-corrected chi connectivity index (χ0v) is 6.10. The SMILES string of the molecule is O=C1NCc2c(F)cc(O)cc21. The summed E-state index contributed by atoms with van der Waals surface area (Å²) in [6.07, 6.45) is 0. The van der Waals surface area contributed by atoms with Gasteiger partial charge in [-0.3, -0.25) is 4.79 Å². The molecule has 0 spiro atoms. The standard InChI is InChI=1S/C8H6FNO2/c9-7-2-4(11)1-5-6(7)3-10-8(5)12/h1-2,11H,3H2,(H,10,12). The Morgan fingerprint density at radius 3 is 3.00 bits per heavy atom. The van der Waals surface area contributed by atoms with Crippen LogP contribution in [0.2, 0.25) is 0 Å². The molecule has 1 heterocycles. The second kappa shape index (κ2) is 2.20. The smallest absolute Gasteiger partial charge is 0.252 e. The van der Waals surface area contributed by atoms with Gasteiger partial charge in [-0.05, 0) is 6.07 Å². The summed E-state index contributed by atoms with van der Waals surface area (Å²) in [6, 6.07) is 2.26. The summed E-state index contributed by atoms with van der Waals surface area (Å²) in [5.41, 5.74) is 0.560. The first-order chi connectivity index (χ1) is 5.68. The number of halogens is 1. The normalized spacial score (nSPS) is 14.2. The minimum atomic E-state index is -0.539. The largest absolute Gasteiger partial charge is 0.508 e. The average molecular weight is 167 g/mol. The van der Waals surface area contributed by atoms with Crippen LogP contribution in [0.5, 0.6) is 5.75 Å². The first kappa shape index (κ1) is 7.09. The van der Waals surface area contributed by atoms with Gasteiger partial charge in [0.1, 0.15) is 11.6 Å². The van der Waals surface area contributed by atoms with Crippen molar-refractivity contribution in [2.24, 2.45) is 0 Å². The lowest BCUT2D eigenvalue weighted by Gasteiger charge is -1.98. The Labute approximate surface area is 67.8 Å². The van der Waals surface area contributed by atoms with E-state index in [0.29, 0.717) is 5.56 Å². The monoisotopic (exact) mass is 167 g/mol. The van der Waals surface area contributed by atoms with Crippen LogP contribution in [0.15, 0.2) is 12.1 Å². The number of fused-ring (bicyclic) bond motifs is 1. The Balaban J connectivity index is 2.68. The predicted molar refractivity (Wildman–Crippen MR) is 39.2 cm³/mol. The number of rotatable bonds is 0. The van der Waals surface area contributed by atoms with Gasteiger partial charge in [0, 0.05) is 18.2 Å². The Morgan fingerprint density at radius 2 is 2.25 bits per heavy atom. The van der Waals surface area contributed by atoms with Crippen molar-refractivity contribution in [3.05, 3.63) is 29.1 Å². The van der Waals surface area contributed by atoms with Crippen LogP contribution in [0.4, 0.5) is 4.39 Å².